The predicted molar refractivity (Wildman–Crippen MR) is 121 cm³/mol. The second kappa shape index (κ2) is 7.71. The van der Waals surface area contributed by atoms with Crippen LogP contribution in [0.3, 0.4) is 0 Å². The predicted octanol–water partition coefficient (Wildman–Crippen LogP) is 5.90. The molecule has 6 nitrogen and oxygen atoms in total. The molecular formula is C26H24O6. The van der Waals surface area contributed by atoms with Gasteiger partial charge in [-0.2, -0.15) is 0 Å². The van der Waals surface area contributed by atoms with Crippen molar-refractivity contribution in [1.29, 1.82) is 0 Å². The van der Waals surface area contributed by atoms with Gasteiger partial charge in [0.15, 0.2) is 0 Å². The number of benzene rings is 3. The Balaban J connectivity index is 1.69. The average Bonchev–Trinajstić information content (AvgIpc) is 3.24. The summed E-state index contributed by atoms with van der Waals surface area (Å²) < 4.78 is 23.7. The highest BCUT2D eigenvalue weighted by Crippen LogP contribution is 2.50. The van der Waals surface area contributed by atoms with Crippen LogP contribution in [-0.4, -0.2) is 24.4 Å². The second-order valence-electron chi connectivity index (χ2n) is 7.91. The van der Waals surface area contributed by atoms with Crippen LogP contribution < -0.4 is 14.2 Å². The quantitative estimate of drug-likeness (QED) is 0.418. The normalized spacial score (nSPS) is 15.3. The molecule has 0 bridgehead atoms. The first-order chi connectivity index (χ1) is 15.5. The van der Waals surface area contributed by atoms with Crippen molar-refractivity contribution in [3.8, 4) is 40.1 Å². The molecule has 0 saturated heterocycles. The first-order valence-electron chi connectivity index (χ1n) is 10.5. The van der Waals surface area contributed by atoms with Crippen LogP contribution in [0.1, 0.15) is 29.2 Å². The molecule has 164 valence electrons. The molecule has 1 atom stereocenters. The molecule has 32 heavy (non-hydrogen) atoms. The zero-order valence-corrected chi connectivity index (χ0v) is 18.1. The first kappa shape index (κ1) is 20.1. The van der Waals surface area contributed by atoms with Gasteiger partial charge in [-0.3, -0.25) is 0 Å². The van der Waals surface area contributed by atoms with E-state index in [1.807, 2.05) is 30.3 Å². The van der Waals surface area contributed by atoms with Crippen molar-refractivity contribution >= 4 is 11.0 Å². The maximum Gasteiger partial charge on any atom is 0.143 e. The molecular weight excluding hydrogens is 408 g/mol. The van der Waals surface area contributed by atoms with Crippen LogP contribution in [0.15, 0.2) is 52.9 Å². The molecule has 1 aliphatic rings. The van der Waals surface area contributed by atoms with Crippen molar-refractivity contribution < 1.29 is 28.8 Å². The zero-order chi connectivity index (χ0) is 22.4. The summed E-state index contributed by atoms with van der Waals surface area (Å²) in [6.45, 7) is 1.72. The third-order valence-electron chi connectivity index (χ3n) is 6.08. The number of furan rings is 1. The number of hydrogen-bond acceptors (Lipinski definition) is 6. The Bertz CT molecular complexity index is 1310. The smallest absolute Gasteiger partial charge is 0.143 e. The Labute approximate surface area is 185 Å². The topological polar surface area (TPSA) is 81.3 Å². The zero-order valence-electron chi connectivity index (χ0n) is 18.1. The van der Waals surface area contributed by atoms with Crippen molar-refractivity contribution in [3.05, 3.63) is 65.2 Å². The number of fused-ring (bicyclic) bond motifs is 3. The SMILES string of the molecule is COc1cc2oc(-c3c(O)cc(O)c(C)c3OC)cc2c2c1CCC(c1ccccc1)O2. The molecule has 1 aromatic heterocycles. The van der Waals surface area contributed by atoms with E-state index in [0.29, 0.717) is 34.0 Å². The molecule has 0 radical (unpaired) electrons. The van der Waals surface area contributed by atoms with Gasteiger partial charge in [-0.15, -0.1) is 0 Å². The maximum absolute atomic E-state index is 10.6. The van der Waals surface area contributed by atoms with E-state index in [4.69, 9.17) is 18.6 Å². The van der Waals surface area contributed by atoms with Crippen molar-refractivity contribution in [3.63, 3.8) is 0 Å². The number of ether oxygens (including phenoxy) is 3. The summed E-state index contributed by atoms with van der Waals surface area (Å²) in [7, 11) is 3.12. The molecule has 1 unspecified atom stereocenters. The Morgan fingerprint density at radius 2 is 1.75 bits per heavy atom. The lowest BCUT2D eigenvalue weighted by Crippen LogP contribution is -2.16. The number of methoxy groups -OCH3 is 2. The molecule has 4 aromatic rings. The van der Waals surface area contributed by atoms with Crippen molar-refractivity contribution in [2.24, 2.45) is 0 Å². The van der Waals surface area contributed by atoms with E-state index in [1.165, 1.54) is 13.2 Å². The van der Waals surface area contributed by atoms with Crippen LogP contribution in [0, 0.1) is 6.92 Å². The van der Waals surface area contributed by atoms with Gasteiger partial charge in [-0.1, -0.05) is 30.3 Å². The monoisotopic (exact) mass is 432 g/mol. The fourth-order valence-corrected chi connectivity index (χ4v) is 4.45. The minimum absolute atomic E-state index is 0.0488. The van der Waals surface area contributed by atoms with Crippen LogP contribution in [-0.2, 0) is 6.42 Å². The summed E-state index contributed by atoms with van der Waals surface area (Å²) in [6, 6.07) is 15.1. The van der Waals surface area contributed by atoms with Gasteiger partial charge in [0.05, 0.1) is 19.6 Å². The van der Waals surface area contributed by atoms with Gasteiger partial charge in [0.2, 0.25) is 0 Å². The molecule has 2 heterocycles. The summed E-state index contributed by atoms with van der Waals surface area (Å²) in [5.41, 5.74) is 3.59. The number of rotatable bonds is 4. The Kier molecular flexibility index (Phi) is 4.85. The van der Waals surface area contributed by atoms with Gasteiger partial charge in [0.1, 0.15) is 51.8 Å². The Hall–Kier alpha value is -3.80. The summed E-state index contributed by atoms with van der Waals surface area (Å²) >= 11 is 0. The van der Waals surface area contributed by atoms with Crippen molar-refractivity contribution in [1.82, 2.24) is 0 Å². The number of hydrogen-bond donors (Lipinski definition) is 2. The Morgan fingerprint density at radius 3 is 2.47 bits per heavy atom. The van der Waals surface area contributed by atoms with E-state index < -0.39 is 0 Å². The lowest BCUT2D eigenvalue weighted by atomic mass is 9.95. The summed E-state index contributed by atoms with van der Waals surface area (Å²) in [5, 5.41) is 21.5. The molecule has 1 aliphatic heterocycles. The minimum atomic E-state index is -0.132. The third-order valence-corrected chi connectivity index (χ3v) is 6.08. The van der Waals surface area contributed by atoms with E-state index in [0.717, 1.165) is 35.1 Å². The van der Waals surface area contributed by atoms with E-state index in [-0.39, 0.29) is 17.6 Å². The molecule has 6 heteroatoms. The molecule has 0 saturated carbocycles. The standard InChI is InChI=1S/C26H24O6/c1-14-18(27)12-19(28)24(25(14)30-3)23-11-17-22(31-23)13-21(29-2)16-9-10-20(32-26(16)17)15-7-5-4-6-8-15/h4-8,11-13,20,27-28H,9-10H2,1-3H3. The van der Waals surface area contributed by atoms with Crippen LogP contribution in [0.5, 0.6) is 28.7 Å². The number of phenolic OH excluding ortho intramolecular Hbond substituents is 2. The Morgan fingerprint density at radius 1 is 0.969 bits per heavy atom. The molecule has 0 aliphatic carbocycles. The average molecular weight is 432 g/mol. The summed E-state index contributed by atoms with van der Waals surface area (Å²) in [5.74, 6) is 2.02. The lowest BCUT2D eigenvalue weighted by Gasteiger charge is -2.28. The fraction of sp³-hybridized carbons (Fsp3) is 0.231. The van der Waals surface area contributed by atoms with E-state index in [1.54, 1.807) is 14.0 Å². The minimum Gasteiger partial charge on any atom is -0.507 e. The van der Waals surface area contributed by atoms with Gasteiger partial charge < -0.3 is 28.8 Å². The van der Waals surface area contributed by atoms with Crippen molar-refractivity contribution in [2.75, 3.05) is 14.2 Å². The van der Waals surface area contributed by atoms with Gasteiger partial charge in [-0.25, -0.2) is 0 Å². The number of phenols is 2. The largest absolute Gasteiger partial charge is 0.507 e. The maximum atomic E-state index is 10.6. The highest BCUT2D eigenvalue weighted by Gasteiger charge is 2.29. The number of aromatic hydroxyl groups is 2. The first-order valence-corrected chi connectivity index (χ1v) is 10.5. The van der Waals surface area contributed by atoms with Crippen molar-refractivity contribution in [2.45, 2.75) is 25.9 Å². The highest BCUT2D eigenvalue weighted by atomic mass is 16.5. The van der Waals surface area contributed by atoms with Crippen LogP contribution >= 0.6 is 0 Å². The van der Waals surface area contributed by atoms with Gasteiger partial charge in [0, 0.05) is 23.3 Å². The van der Waals surface area contributed by atoms with Crippen LogP contribution in [0.4, 0.5) is 0 Å². The summed E-state index contributed by atoms with van der Waals surface area (Å²) in [6.07, 6.45) is 1.58. The van der Waals surface area contributed by atoms with E-state index in [9.17, 15) is 10.2 Å². The van der Waals surface area contributed by atoms with Crippen LogP contribution in [0.2, 0.25) is 0 Å². The second-order valence-corrected chi connectivity index (χ2v) is 7.91. The molecule has 2 N–H and O–H groups in total. The molecule has 0 amide bonds. The van der Waals surface area contributed by atoms with E-state index >= 15 is 0 Å². The third kappa shape index (κ3) is 3.11. The highest BCUT2D eigenvalue weighted by molar-refractivity contribution is 5.93. The van der Waals surface area contributed by atoms with Gasteiger partial charge in [0.25, 0.3) is 0 Å². The van der Waals surface area contributed by atoms with E-state index in [2.05, 4.69) is 12.1 Å². The fourth-order valence-electron chi connectivity index (χ4n) is 4.45. The molecule has 3 aromatic carbocycles. The lowest BCUT2D eigenvalue weighted by molar-refractivity contribution is 0.177. The molecule has 0 spiro atoms. The molecule has 0 fully saturated rings. The van der Waals surface area contributed by atoms with Gasteiger partial charge in [-0.05, 0) is 31.4 Å². The molecule has 5 rings (SSSR count). The van der Waals surface area contributed by atoms with Crippen LogP contribution in [0.25, 0.3) is 22.3 Å². The summed E-state index contributed by atoms with van der Waals surface area (Å²) in [4.78, 5) is 0. The van der Waals surface area contributed by atoms with Gasteiger partial charge >= 0.3 is 0 Å².